The van der Waals surface area contributed by atoms with E-state index < -0.39 is 45.2 Å². The van der Waals surface area contributed by atoms with E-state index in [0.717, 1.165) is 18.2 Å². The Morgan fingerprint density at radius 3 is 2.62 bits per heavy atom. The highest BCUT2D eigenvalue weighted by Crippen LogP contribution is 2.32. The predicted octanol–water partition coefficient (Wildman–Crippen LogP) is 1.26. The molecule has 1 aliphatic heterocycles. The second-order valence-electron chi connectivity index (χ2n) is 5.70. The van der Waals surface area contributed by atoms with Crippen LogP contribution in [0.1, 0.15) is 17.2 Å². The molecule has 3 rings (SSSR count). The van der Waals surface area contributed by atoms with Gasteiger partial charge in [0.15, 0.2) is 0 Å². The monoisotopic (exact) mass is 390 g/mol. The van der Waals surface area contributed by atoms with Crippen LogP contribution in [0.2, 0.25) is 0 Å². The maximum absolute atomic E-state index is 12.9. The van der Waals surface area contributed by atoms with Gasteiger partial charge in [0.05, 0.1) is 23.5 Å². The molecule has 1 aliphatic rings. The Labute approximate surface area is 145 Å². The molecule has 26 heavy (non-hydrogen) atoms. The van der Waals surface area contributed by atoms with Crippen LogP contribution in [0.3, 0.4) is 0 Å². The summed E-state index contributed by atoms with van der Waals surface area (Å²) < 4.78 is 66.4. The summed E-state index contributed by atoms with van der Waals surface area (Å²) in [7, 11) is -4.50. The molecule has 0 radical (unpaired) electrons. The highest BCUT2D eigenvalue weighted by molar-refractivity contribution is 7.89. The number of halogens is 3. The molecule has 0 spiro atoms. The standard InChI is InChI=1S/C14H13F3N4O4S/c1-8-18-19-12-7-21(11(13(22)23)6-20(8)12)26(24,25)10-4-2-3-9(5-10)14(15,16)17/h2-5,11H,6-7H2,1H3,(H,22,23). The van der Waals surface area contributed by atoms with E-state index in [4.69, 9.17) is 0 Å². The number of hydrogen-bond donors (Lipinski definition) is 1. The van der Waals surface area contributed by atoms with Gasteiger partial charge in [-0.15, -0.1) is 10.2 Å². The molecule has 0 amide bonds. The van der Waals surface area contributed by atoms with E-state index in [1.165, 1.54) is 4.57 Å². The first-order valence-corrected chi connectivity index (χ1v) is 8.76. The highest BCUT2D eigenvalue weighted by Gasteiger charge is 2.42. The fraction of sp³-hybridized carbons (Fsp3) is 0.357. The molecule has 12 heteroatoms. The molecule has 1 unspecified atom stereocenters. The first-order valence-electron chi connectivity index (χ1n) is 7.32. The Hall–Kier alpha value is -2.47. The summed E-state index contributed by atoms with van der Waals surface area (Å²) >= 11 is 0. The Bertz CT molecular complexity index is 971. The molecule has 2 heterocycles. The molecule has 0 fully saturated rings. The van der Waals surface area contributed by atoms with Crippen molar-refractivity contribution in [2.75, 3.05) is 0 Å². The van der Waals surface area contributed by atoms with Crippen molar-refractivity contribution < 1.29 is 31.5 Å². The van der Waals surface area contributed by atoms with E-state index in [-0.39, 0.29) is 12.4 Å². The van der Waals surface area contributed by atoms with Crippen LogP contribution in [0.4, 0.5) is 13.2 Å². The minimum atomic E-state index is -4.73. The van der Waals surface area contributed by atoms with E-state index >= 15 is 0 Å². The minimum Gasteiger partial charge on any atom is -0.480 e. The number of aryl methyl sites for hydroxylation is 1. The normalized spacial score (nSPS) is 18.5. The Kier molecular flexibility index (Phi) is 4.27. The SMILES string of the molecule is Cc1nnc2n1CC(C(=O)O)N(S(=O)(=O)c1cccc(C(F)(F)F)c1)C2. The van der Waals surface area contributed by atoms with Gasteiger partial charge in [-0.3, -0.25) is 4.79 Å². The summed E-state index contributed by atoms with van der Waals surface area (Å²) in [6.45, 7) is 0.949. The number of alkyl halides is 3. The van der Waals surface area contributed by atoms with E-state index in [2.05, 4.69) is 10.2 Å². The lowest BCUT2D eigenvalue weighted by atomic mass is 10.2. The van der Waals surface area contributed by atoms with Gasteiger partial charge in [0, 0.05) is 0 Å². The number of aliphatic carboxylic acids is 1. The van der Waals surface area contributed by atoms with Crippen molar-refractivity contribution in [3.05, 3.63) is 41.5 Å². The second-order valence-corrected chi connectivity index (χ2v) is 7.59. The van der Waals surface area contributed by atoms with E-state index in [1.54, 1.807) is 6.92 Å². The summed E-state index contributed by atoms with van der Waals surface area (Å²) in [5, 5.41) is 17.0. The Balaban J connectivity index is 2.07. The third kappa shape index (κ3) is 3.05. The van der Waals surface area contributed by atoms with Gasteiger partial charge in [0.25, 0.3) is 0 Å². The largest absolute Gasteiger partial charge is 0.480 e. The number of aromatic nitrogens is 3. The average molecular weight is 390 g/mol. The zero-order valence-corrected chi connectivity index (χ0v) is 14.1. The van der Waals surface area contributed by atoms with Crippen molar-refractivity contribution in [1.82, 2.24) is 19.1 Å². The van der Waals surface area contributed by atoms with Crippen molar-refractivity contribution in [2.24, 2.45) is 0 Å². The van der Waals surface area contributed by atoms with Crippen LogP contribution in [-0.2, 0) is 34.1 Å². The first-order chi connectivity index (χ1) is 12.0. The van der Waals surface area contributed by atoms with E-state index in [9.17, 15) is 31.5 Å². The summed E-state index contributed by atoms with van der Waals surface area (Å²) in [6, 6.07) is 1.69. The van der Waals surface area contributed by atoms with Crippen LogP contribution >= 0.6 is 0 Å². The number of carboxylic acids is 1. The van der Waals surface area contributed by atoms with Gasteiger partial charge in [0.1, 0.15) is 17.7 Å². The number of benzene rings is 1. The Morgan fingerprint density at radius 2 is 2.00 bits per heavy atom. The molecule has 0 saturated heterocycles. The number of carboxylic acid groups (broad SMARTS) is 1. The van der Waals surface area contributed by atoms with Crippen molar-refractivity contribution >= 4 is 16.0 Å². The van der Waals surface area contributed by atoms with E-state index in [1.807, 2.05) is 0 Å². The van der Waals surface area contributed by atoms with Gasteiger partial charge >= 0.3 is 12.1 Å². The van der Waals surface area contributed by atoms with Crippen molar-refractivity contribution in [3.63, 3.8) is 0 Å². The van der Waals surface area contributed by atoms with Crippen LogP contribution in [0, 0.1) is 6.92 Å². The molecular weight excluding hydrogens is 377 g/mol. The van der Waals surface area contributed by atoms with Gasteiger partial charge in [-0.2, -0.15) is 17.5 Å². The van der Waals surface area contributed by atoms with Gasteiger partial charge in [-0.05, 0) is 25.1 Å². The smallest absolute Gasteiger partial charge is 0.416 e. The van der Waals surface area contributed by atoms with Gasteiger partial charge in [-0.25, -0.2) is 8.42 Å². The maximum atomic E-state index is 12.9. The van der Waals surface area contributed by atoms with Crippen LogP contribution in [-0.4, -0.2) is 44.6 Å². The zero-order chi connectivity index (χ0) is 19.3. The van der Waals surface area contributed by atoms with Crippen LogP contribution < -0.4 is 0 Å². The molecule has 2 aromatic rings. The molecule has 1 aromatic heterocycles. The zero-order valence-electron chi connectivity index (χ0n) is 13.3. The molecule has 1 atom stereocenters. The van der Waals surface area contributed by atoms with Gasteiger partial charge in [-0.1, -0.05) is 6.07 Å². The molecular formula is C14H13F3N4O4S. The topological polar surface area (TPSA) is 105 Å². The number of hydrogen-bond acceptors (Lipinski definition) is 5. The van der Waals surface area contributed by atoms with Crippen LogP contribution in [0.5, 0.6) is 0 Å². The molecule has 140 valence electrons. The first kappa shape index (κ1) is 18.3. The van der Waals surface area contributed by atoms with Crippen molar-refractivity contribution in [1.29, 1.82) is 0 Å². The quantitative estimate of drug-likeness (QED) is 0.846. The summed E-state index contributed by atoms with van der Waals surface area (Å²) in [5.41, 5.74) is -1.14. The number of rotatable bonds is 3. The number of sulfonamides is 1. The molecule has 0 aliphatic carbocycles. The van der Waals surface area contributed by atoms with Gasteiger partial charge in [0.2, 0.25) is 10.0 Å². The Morgan fingerprint density at radius 1 is 1.31 bits per heavy atom. The van der Waals surface area contributed by atoms with Gasteiger partial charge < -0.3 is 9.67 Å². The lowest BCUT2D eigenvalue weighted by Crippen LogP contribution is -2.50. The third-order valence-corrected chi connectivity index (χ3v) is 5.92. The molecule has 1 N–H and O–H groups in total. The fourth-order valence-corrected chi connectivity index (χ4v) is 4.29. The summed E-state index contributed by atoms with van der Waals surface area (Å²) in [5.74, 6) is -0.780. The summed E-state index contributed by atoms with van der Waals surface area (Å²) in [6.07, 6.45) is -4.73. The average Bonchev–Trinajstić information content (AvgIpc) is 2.93. The maximum Gasteiger partial charge on any atom is 0.416 e. The lowest BCUT2D eigenvalue weighted by Gasteiger charge is -2.32. The summed E-state index contributed by atoms with van der Waals surface area (Å²) in [4.78, 5) is 10.9. The van der Waals surface area contributed by atoms with Crippen molar-refractivity contribution in [3.8, 4) is 0 Å². The molecule has 8 nitrogen and oxygen atoms in total. The van der Waals surface area contributed by atoms with Crippen LogP contribution in [0.25, 0.3) is 0 Å². The van der Waals surface area contributed by atoms with Crippen LogP contribution in [0.15, 0.2) is 29.2 Å². The second kappa shape index (κ2) is 6.06. The molecule has 0 bridgehead atoms. The third-order valence-electron chi connectivity index (χ3n) is 4.07. The molecule has 0 saturated carbocycles. The molecule has 1 aromatic carbocycles. The number of nitrogens with zero attached hydrogens (tertiary/aromatic N) is 4. The fourth-order valence-electron chi connectivity index (χ4n) is 2.71. The number of fused-ring (bicyclic) bond motifs is 1. The van der Waals surface area contributed by atoms with E-state index in [0.29, 0.717) is 16.2 Å². The predicted molar refractivity (Wildman–Crippen MR) is 80.4 cm³/mol. The minimum absolute atomic E-state index is 0.218. The number of carbonyl (C=O) groups is 1. The highest BCUT2D eigenvalue weighted by atomic mass is 32.2. The lowest BCUT2D eigenvalue weighted by molar-refractivity contribution is -0.142. The van der Waals surface area contributed by atoms with Crippen molar-refractivity contribution in [2.45, 2.75) is 37.1 Å².